The quantitative estimate of drug-likeness (QED) is 0.431. The predicted molar refractivity (Wildman–Crippen MR) is 106 cm³/mol. The second-order valence-corrected chi connectivity index (χ2v) is 9.09. The van der Waals surface area contributed by atoms with Crippen LogP contribution in [0, 0.1) is 5.92 Å². The number of rotatable bonds is 11. The minimum absolute atomic E-state index is 0.160. The van der Waals surface area contributed by atoms with Gasteiger partial charge in [-0.1, -0.05) is 44.2 Å². The molecule has 0 radical (unpaired) electrons. The first-order valence-corrected chi connectivity index (χ1v) is 10.7. The lowest BCUT2D eigenvalue weighted by Crippen LogP contribution is -2.41. The molecule has 0 amide bonds. The summed E-state index contributed by atoms with van der Waals surface area (Å²) in [6.45, 7) is 4.15. The van der Waals surface area contributed by atoms with Crippen molar-refractivity contribution in [1.82, 2.24) is 5.32 Å². The van der Waals surface area contributed by atoms with E-state index in [4.69, 9.17) is 18.2 Å². The van der Waals surface area contributed by atoms with Crippen LogP contribution in [0.15, 0.2) is 53.1 Å². The van der Waals surface area contributed by atoms with Crippen molar-refractivity contribution in [2.45, 2.75) is 38.7 Å². The van der Waals surface area contributed by atoms with Gasteiger partial charge in [0, 0.05) is 14.2 Å². The van der Waals surface area contributed by atoms with Crippen LogP contribution in [0.4, 0.5) is 0 Å². The van der Waals surface area contributed by atoms with Crippen molar-refractivity contribution in [2.75, 3.05) is 14.2 Å². The summed E-state index contributed by atoms with van der Waals surface area (Å²) in [7, 11) is -1.01. The van der Waals surface area contributed by atoms with Gasteiger partial charge in [0.15, 0.2) is 5.78 Å². The van der Waals surface area contributed by atoms with E-state index in [0.29, 0.717) is 12.2 Å². The number of benzene rings is 1. The van der Waals surface area contributed by atoms with Crippen LogP contribution in [0.2, 0.25) is 0 Å². The highest BCUT2D eigenvalue weighted by molar-refractivity contribution is 7.54. The van der Waals surface area contributed by atoms with E-state index >= 15 is 0 Å². The maximum Gasteiger partial charge on any atom is 0.354 e. The van der Waals surface area contributed by atoms with Crippen LogP contribution >= 0.6 is 7.60 Å². The number of carbonyl (C=O) groups excluding carboxylic acids is 1. The number of hydrogen-bond donors (Lipinski definition) is 1. The summed E-state index contributed by atoms with van der Waals surface area (Å²) in [5.74, 6) is -0.821. The molecule has 0 aliphatic rings. The molecule has 7 nitrogen and oxygen atoms in total. The average molecular weight is 409 g/mol. The monoisotopic (exact) mass is 409 g/mol. The lowest BCUT2D eigenvalue weighted by Gasteiger charge is -2.28. The van der Waals surface area contributed by atoms with Gasteiger partial charge < -0.3 is 18.2 Å². The molecule has 154 valence electrons. The molecule has 1 aromatic carbocycles. The van der Waals surface area contributed by atoms with Gasteiger partial charge in [-0.05, 0) is 30.0 Å². The zero-order chi connectivity index (χ0) is 20.6. The van der Waals surface area contributed by atoms with E-state index in [0.717, 1.165) is 5.56 Å². The Balaban J connectivity index is 2.19. The third-order valence-corrected chi connectivity index (χ3v) is 6.27. The molecule has 28 heavy (non-hydrogen) atoms. The van der Waals surface area contributed by atoms with E-state index in [1.54, 1.807) is 12.1 Å². The van der Waals surface area contributed by atoms with Gasteiger partial charge in [0.2, 0.25) is 0 Å². The molecule has 0 saturated carbocycles. The molecular formula is C20H28NO6P. The largest absolute Gasteiger partial charge is 0.467 e. The molecule has 1 N–H and O–H groups in total. The van der Waals surface area contributed by atoms with Crippen molar-refractivity contribution >= 4 is 13.6 Å². The minimum Gasteiger partial charge on any atom is -0.467 e. The van der Waals surface area contributed by atoms with E-state index in [2.05, 4.69) is 5.32 Å². The number of hydrogen-bond acceptors (Lipinski definition) is 7. The molecule has 0 saturated heterocycles. The van der Waals surface area contributed by atoms with Crippen LogP contribution in [0.25, 0.3) is 0 Å². The number of esters is 1. The van der Waals surface area contributed by atoms with Crippen LogP contribution < -0.4 is 5.32 Å². The molecule has 2 atom stereocenters. The van der Waals surface area contributed by atoms with Gasteiger partial charge in [-0.3, -0.25) is 14.7 Å². The van der Waals surface area contributed by atoms with Crippen LogP contribution in [-0.4, -0.2) is 26.2 Å². The van der Waals surface area contributed by atoms with E-state index in [9.17, 15) is 9.36 Å². The summed E-state index contributed by atoms with van der Waals surface area (Å²) in [6.07, 6.45) is 1.95. The fraction of sp³-hybridized carbons (Fsp3) is 0.450. The Bertz CT molecular complexity index is 754. The fourth-order valence-electron chi connectivity index (χ4n) is 2.79. The van der Waals surface area contributed by atoms with Crippen LogP contribution in [0.3, 0.4) is 0 Å². The first kappa shape index (κ1) is 22.4. The summed E-state index contributed by atoms with van der Waals surface area (Å²) < 4.78 is 34.2. The van der Waals surface area contributed by atoms with Crippen LogP contribution in [0.1, 0.15) is 37.4 Å². The molecule has 8 heteroatoms. The van der Waals surface area contributed by atoms with Crippen molar-refractivity contribution < 1.29 is 27.6 Å². The number of ether oxygens (including phenoxy) is 1. The first-order valence-electron chi connectivity index (χ1n) is 9.10. The first-order chi connectivity index (χ1) is 13.4. The maximum atomic E-state index is 13.1. The Hall–Kier alpha value is -1.92. The van der Waals surface area contributed by atoms with Gasteiger partial charge in [-0.25, -0.2) is 0 Å². The SMILES string of the molecule is COP(=O)(OC)C(N[C@H](CC(C)C)C(=O)OCc1ccccc1)c1ccco1. The fourth-order valence-corrected chi connectivity index (χ4v) is 4.18. The highest BCUT2D eigenvalue weighted by Gasteiger charge is 2.40. The summed E-state index contributed by atoms with van der Waals surface area (Å²) in [6, 6.07) is 12.0. The van der Waals surface area contributed by atoms with Crippen LogP contribution in [-0.2, 0) is 29.8 Å². The highest BCUT2D eigenvalue weighted by Crippen LogP contribution is 2.58. The second kappa shape index (κ2) is 10.6. The number of nitrogens with one attached hydrogen (secondary N) is 1. The number of furan rings is 1. The molecule has 0 fully saturated rings. The zero-order valence-corrected chi connectivity index (χ0v) is 17.6. The number of carbonyl (C=O) groups is 1. The lowest BCUT2D eigenvalue weighted by molar-refractivity contribution is -0.148. The van der Waals surface area contributed by atoms with E-state index < -0.39 is 25.4 Å². The Labute approximate surface area is 165 Å². The normalized spacial score (nSPS) is 14.0. The molecular weight excluding hydrogens is 381 g/mol. The van der Waals surface area contributed by atoms with E-state index in [1.165, 1.54) is 20.5 Å². The van der Waals surface area contributed by atoms with Crippen molar-refractivity contribution in [2.24, 2.45) is 5.92 Å². The summed E-state index contributed by atoms with van der Waals surface area (Å²) in [4.78, 5) is 12.8. The Kier molecular flexibility index (Phi) is 8.45. The van der Waals surface area contributed by atoms with Gasteiger partial charge >= 0.3 is 13.6 Å². The Morgan fingerprint density at radius 1 is 1.11 bits per heavy atom. The molecule has 2 rings (SSSR count). The van der Waals surface area contributed by atoms with Gasteiger partial charge in [0.1, 0.15) is 18.4 Å². The van der Waals surface area contributed by atoms with Crippen molar-refractivity contribution in [3.8, 4) is 0 Å². The molecule has 1 aromatic heterocycles. The van der Waals surface area contributed by atoms with E-state index in [1.807, 2.05) is 44.2 Å². The van der Waals surface area contributed by atoms with Gasteiger partial charge in [-0.2, -0.15) is 0 Å². The Morgan fingerprint density at radius 2 is 1.79 bits per heavy atom. The summed E-state index contributed by atoms with van der Waals surface area (Å²) >= 11 is 0. The summed E-state index contributed by atoms with van der Waals surface area (Å²) in [5, 5.41) is 3.08. The Morgan fingerprint density at radius 3 is 2.32 bits per heavy atom. The predicted octanol–water partition coefficient (Wildman–Crippen LogP) is 4.51. The van der Waals surface area contributed by atoms with Gasteiger partial charge in [0.05, 0.1) is 6.26 Å². The van der Waals surface area contributed by atoms with Crippen molar-refractivity contribution in [3.05, 3.63) is 60.1 Å². The maximum absolute atomic E-state index is 13.1. The minimum atomic E-state index is -3.61. The summed E-state index contributed by atoms with van der Waals surface area (Å²) in [5.41, 5.74) is 0.890. The molecule has 0 spiro atoms. The third-order valence-electron chi connectivity index (χ3n) is 4.21. The molecule has 2 aromatic rings. The molecule has 0 aliphatic carbocycles. The topological polar surface area (TPSA) is 87.0 Å². The average Bonchev–Trinajstić information content (AvgIpc) is 3.23. The van der Waals surface area contributed by atoms with Crippen molar-refractivity contribution in [1.29, 1.82) is 0 Å². The molecule has 1 heterocycles. The lowest BCUT2D eigenvalue weighted by atomic mass is 10.0. The standard InChI is InChI=1S/C20H28NO6P/c1-15(2)13-17(20(22)27-14-16-9-6-5-7-10-16)21-19(18-11-8-12-26-18)28(23,24-3)25-4/h5-12,15,17,19,21H,13-14H2,1-4H3/t17-,19?/m1/s1. The van der Waals surface area contributed by atoms with Gasteiger partial charge in [0.25, 0.3) is 0 Å². The molecule has 1 unspecified atom stereocenters. The smallest absolute Gasteiger partial charge is 0.354 e. The molecule has 0 aliphatic heterocycles. The van der Waals surface area contributed by atoms with E-state index in [-0.39, 0.29) is 12.5 Å². The highest BCUT2D eigenvalue weighted by atomic mass is 31.2. The van der Waals surface area contributed by atoms with Crippen molar-refractivity contribution in [3.63, 3.8) is 0 Å². The zero-order valence-electron chi connectivity index (χ0n) is 16.7. The van der Waals surface area contributed by atoms with Crippen LogP contribution in [0.5, 0.6) is 0 Å². The second-order valence-electron chi connectivity index (χ2n) is 6.77. The van der Waals surface area contributed by atoms with Gasteiger partial charge in [-0.15, -0.1) is 0 Å². The third kappa shape index (κ3) is 6.04. The molecule has 0 bridgehead atoms.